The Labute approximate surface area is 95.6 Å². The second-order valence-corrected chi connectivity index (χ2v) is 4.54. The van der Waals surface area contributed by atoms with Crippen LogP contribution in [0.1, 0.15) is 43.9 Å². The topological polar surface area (TPSA) is 70.1 Å². The lowest BCUT2D eigenvalue weighted by molar-refractivity contribution is 0.00562. The predicted molar refractivity (Wildman–Crippen MR) is 61.0 cm³/mol. The summed E-state index contributed by atoms with van der Waals surface area (Å²) < 4.78 is 6.89. The van der Waals surface area contributed by atoms with Crippen LogP contribution in [0.4, 0.5) is 0 Å². The van der Waals surface area contributed by atoms with Gasteiger partial charge in [-0.15, -0.1) is 0 Å². The monoisotopic (exact) mass is 225 g/mol. The van der Waals surface area contributed by atoms with Gasteiger partial charge in [0.25, 0.3) is 0 Å². The predicted octanol–water partition coefficient (Wildman–Crippen LogP) is 1.32. The van der Waals surface area contributed by atoms with Crippen molar-refractivity contribution < 1.29 is 9.53 Å². The second kappa shape index (κ2) is 4.65. The van der Waals surface area contributed by atoms with Crippen LogP contribution >= 0.6 is 0 Å². The van der Waals surface area contributed by atoms with Gasteiger partial charge < -0.3 is 10.5 Å². The number of nitrogens with zero attached hydrogens (tertiary/aromatic N) is 2. The molecule has 0 amide bonds. The van der Waals surface area contributed by atoms with Crippen molar-refractivity contribution in [3.8, 4) is 0 Å². The van der Waals surface area contributed by atoms with Crippen LogP contribution in [0.3, 0.4) is 0 Å². The van der Waals surface area contributed by atoms with Gasteiger partial charge in [-0.25, -0.2) is 4.79 Å². The average Bonchev–Trinajstić information content (AvgIpc) is 2.58. The average molecular weight is 225 g/mol. The van der Waals surface area contributed by atoms with E-state index in [-0.39, 0.29) is 5.97 Å². The van der Waals surface area contributed by atoms with Crippen LogP contribution in [0.5, 0.6) is 0 Å². The van der Waals surface area contributed by atoms with Crippen LogP contribution in [-0.4, -0.2) is 21.4 Å². The molecule has 0 atom stereocenters. The molecular formula is C11H19N3O2. The third-order valence-electron chi connectivity index (χ3n) is 1.95. The molecule has 0 saturated carbocycles. The van der Waals surface area contributed by atoms with Gasteiger partial charge in [0.1, 0.15) is 11.3 Å². The molecule has 1 aromatic heterocycles. The van der Waals surface area contributed by atoms with Crippen LogP contribution in [0.15, 0.2) is 6.07 Å². The van der Waals surface area contributed by atoms with E-state index in [9.17, 15) is 4.79 Å². The zero-order valence-corrected chi connectivity index (χ0v) is 10.3. The van der Waals surface area contributed by atoms with Crippen LogP contribution < -0.4 is 5.73 Å². The van der Waals surface area contributed by atoms with Gasteiger partial charge in [0, 0.05) is 13.1 Å². The Hall–Kier alpha value is -1.36. The van der Waals surface area contributed by atoms with E-state index in [0.717, 1.165) is 0 Å². The summed E-state index contributed by atoms with van der Waals surface area (Å²) in [6.45, 7) is 8.36. The fourth-order valence-corrected chi connectivity index (χ4v) is 1.31. The van der Waals surface area contributed by atoms with E-state index in [2.05, 4.69) is 5.10 Å². The van der Waals surface area contributed by atoms with Crippen molar-refractivity contribution in [3.05, 3.63) is 17.5 Å². The normalized spacial score (nSPS) is 11.6. The zero-order chi connectivity index (χ0) is 12.3. The molecule has 90 valence electrons. The van der Waals surface area contributed by atoms with Crippen molar-refractivity contribution >= 4 is 5.97 Å². The number of carbonyl (C=O) groups excluding carboxylic acids is 1. The Morgan fingerprint density at radius 3 is 2.62 bits per heavy atom. The molecule has 1 heterocycles. The molecule has 0 aliphatic rings. The molecule has 0 aliphatic heterocycles. The van der Waals surface area contributed by atoms with Crippen molar-refractivity contribution in [3.63, 3.8) is 0 Å². The fraction of sp³-hybridized carbons (Fsp3) is 0.636. The Morgan fingerprint density at radius 2 is 2.19 bits per heavy atom. The molecule has 0 spiro atoms. The van der Waals surface area contributed by atoms with Gasteiger partial charge in [-0.05, 0) is 33.8 Å². The number of aryl methyl sites for hydroxylation is 1. The van der Waals surface area contributed by atoms with Crippen molar-refractivity contribution in [2.75, 3.05) is 0 Å². The maximum Gasteiger partial charge on any atom is 0.357 e. The minimum Gasteiger partial charge on any atom is -0.455 e. The smallest absolute Gasteiger partial charge is 0.357 e. The number of hydrogen-bond acceptors (Lipinski definition) is 4. The molecule has 0 unspecified atom stereocenters. The Balaban J connectivity index is 2.94. The number of ether oxygens (including phenoxy) is 1. The number of rotatable bonds is 3. The quantitative estimate of drug-likeness (QED) is 0.787. The molecule has 0 radical (unpaired) electrons. The third kappa shape index (κ3) is 3.06. The first-order valence-corrected chi connectivity index (χ1v) is 5.37. The van der Waals surface area contributed by atoms with E-state index in [1.54, 1.807) is 10.7 Å². The third-order valence-corrected chi connectivity index (χ3v) is 1.95. The van der Waals surface area contributed by atoms with Gasteiger partial charge in [-0.1, -0.05) is 0 Å². The van der Waals surface area contributed by atoms with Crippen LogP contribution in [0.25, 0.3) is 0 Å². The molecule has 1 rings (SSSR count). The van der Waals surface area contributed by atoms with Crippen molar-refractivity contribution in [1.82, 2.24) is 9.78 Å². The van der Waals surface area contributed by atoms with Crippen molar-refractivity contribution in [2.45, 2.75) is 46.4 Å². The van der Waals surface area contributed by atoms with E-state index in [1.807, 2.05) is 27.7 Å². The summed E-state index contributed by atoms with van der Waals surface area (Å²) in [6, 6.07) is 1.68. The number of nitrogens with two attached hydrogens (primary N) is 1. The molecule has 1 aromatic rings. The van der Waals surface area contributed by atoms with Gasteiger partial charge in [-0.3, -0.25) is 4.68 Å². The first-order chi connectivity index (χ1) is 7.37. The van der Waals surface area contributed by atoms with Crippen LogP contribution in [0, 0.1) is 0 Å². The summed E-state index contributed by atoms with van der Waals surface area (Å²) in [4.78, 5) is 11.8. The minimum absolute atomic E-state index is 0.322. The van der Waals surface area contributed by atoms with Crippen LogP contribution in [0.2, 0.25) is 0 Å². The molecule has 0 saturated heterocycles. The Bertz CT molecular complexity index is 377. The lowest BCUT2D eigenvalue weighted by Crippen LogP contribution is -2.25. The minimum atomic E-state index is -0.497. The Kier molecular flexibility index (Phi) is 3.70. The molecule has 0 bridgehead atoms. The Morgan fingerprint density at radius 1 is 1.56 bits per heavy atom. The highest BCUT2D eigenvalue weighted by molar-refractivity contribution is 5.88. The first-order valence-electron chi connectivity index (χ1n) is 5.37. The summed E-state index contributed by atoms with van der Waals surface area (Å²) in [6.07, 6.45) is 0. The van der Waals surface area contributed by atoms with Gasteiger partial charge in [-0.2, -0.15) is 5.10 Å². The largest absolute Gasteiger partial charge is 0.455 e. The molecule has 2 N–H and O–H groups in total. The summed E-state index contributed by atoms with van der Waals surface area (Å²) in [7, 11) is 0. The maximum absolute atomic E-state index is 11.8. The number of esters is 1. The standard InChI is InChI=1S/C11H19N3O2/c1-5-14-9(6-8(7-12)13-14)10(15)16-11(2,3)4/h6H,5,7,12H2,1-4H3. The highest BCUT2D eigenvalue weighted by Crippen LogP contribution is 2.13. The summed E-state index contributed by atoms with van der Waals surface area (Å²) >= 11 is 0. The maximum atomic E-state index is 11.8. The number of carbonyl (C=O) groups is 1. The lowest BCUT2D eigenvalue weighted by Gasteiger charge is -2.19. The highest BCUT2D eigenvalue weighted by Gasteiger charge is 2.21. The molecule has 0 fully saturated rings. The fourth-order valence-electron chi connectivity index (χ4n) is 1.31. The van der Waals surface area contributed by atoms with E-state index in [1.165, 1.54) is 0 Å². The van der Waals surface area contributed by atoms with Crippen molar-refractivity contribution in [2.24, 2.45) is 5.73 Å². The summed E-state index contributed by atoms with van der Waals surface area (Å²) in [5.41, 5.74) is 6.14. The lowest BCUT2D eigenvalue weighted by atomic mass is 10.2. The highest BCUT2D eigenvalue weighted by atomic mass is 16.6. The SMILES string of the molecule is CCn1nc(CN)cc1C(=O)OC(C)(C)C. The van der Waals surface area contributed by atoms with E-state index in [0.29, 0.717) is 24.5 Å². The molecule has 5 nitrogen and oxygen atoms in total. The molecule has 0 aliphatic carbocycles. The zero-order valence-electron chi connectivity index (χ0n) is 10.3. The summed E-state index contributed by atoms with van der Waals surface area (Å²) in [5, 5.41) is 4.19. The first kappa shape index (κ1) is 12.7. The van der Waals surface area contributed by atoms with Gasteiger partial charge in [0.05, 0.1) is 5.69 Å². The molecule has 0 aromatic carbocycles. The molecule has 16 heavy (non-hydrogen) atoms. The number of hydrogen-bond donors (Lipinski definition) is 1. The van der Waals surface area contributed by atoms with Gasteiger partial charge in [0.2, 0.25) is 0 Å². The van der Waals surface area contributed by atoms with E-state index in [4.69, 9.17) is 10.5 Å². The molecular weight excluding hydrogens is 206 g/mol. The molecule has 5 heteroatoms. The van der Waals surface area contributed by atoms with Crippen molar-refractivity contribution in [1.29, 1.82) is 0 Å². The summed E-state index contributed by atoms with van der Waals surface area (Å²) in [5.74, 6) is -0.360. The van der Waals surface area contributed by atoms with Gasteiger partial charge in [0.15, 0.2) is 0 Å². The van der Waals surface area contributed by atoms with E-state index < -0.39 is 5.60 Å². The van der Waals surface area contributed by atoms with Gasteiger partial charge >= 0.3 is 5.97 Å². The van der Waals surface area contributed by atoms with Crippen LogP contribution in [-0.2, 0) is 17.8 Å². The van der Waals surface area contributed by atoms with E-state index >= 15 is 0 Å². The second-order valence-electron chi connectivity index (χ2n) is 4.54. The number of aromatic nitrogens is 2.